The third-order valence-corrected chi connectivity index (χ3v) is 3.32. The summed E-state index contributed by atoms with van der Waals surface area (Å²) in [6.07, 6.45) is 0. The lowest BCUT2D eigenvalue weighted by atomic mass is 10.1. The van der Waals surface area contributed by atoms with Crippen LogP contribution in [0.2, 0.25) is 0 Å². The first-order valence-corrected chi connectivity index (χ1v) is 7.47. The molecule has 114 valence electrons. The number of hydrogen-bond acceptors (Lipinski definition) is 4. The van der Waals surface area contributed by atoms with Crippen molar-refractivity contribution in [2.45, 2.75) is 60.6 Å². The van der Waals surface area contributed by atoms with Crippen molar-refractivity contribution in [3.63, 3.8) is 0 Å². The van der Waals surface area contributed by atoms with E-state index in [2.05, 4.69) is 29.1 Å². The van der Waals surface area contributed by atoms with Crippen LogP contribution in [0, 0.1) is 19.8 Å². The van der Waals surface area contributed by atoms with E-state index in [0.717, 1.165) is 30.3 Å². The van der Waals surface area contributed by atoms with Gasteiger partial charge in [-0.3, -0.25) is 0 Å². The fourth-order valence-corrected chi connectivity index (χ4v) is 2.18. The fraction of sp³-hybridized carbons (Fsp3) is 0.750. The van der Waals surface area contributed by atoms with Crippen LogP contribution >= 0.6 is 0 Å². The first-order valence-electron chi connectivity index (χ1n) is 7.47. The number of aryl methyl sites for hydroxylation is 2. The first kappa shape index (κ1) is 17.1. The number of aromatic nitrogens is 2. The van der Waals surface area contributed by atoms with E-state index >= 15 is 0 Å². The first-order chi connectivity index (χ1) is 9.27. The van der Waals surface area contributed by atoms with E-state index in [4.69, 9.17) is 4.74 Å². The van der Waals surface area contributed by atoms with E-state index in [1.54, 1.807) is 0 Å². The molecule has 0 saturated heterocycles. The Bertz CT molecular complexity index is 418. The Morgan fingerprint density at radius 2 is 1.70 bits per heavy atom. The number of nitrogens with one attached hydrogen (secondary N) is 1. The van der Waals surface area contributed by atoms with Crippen molar-refractivity contribution < 1.29 is 4.74 Å². The van der Waals surface area contributed by atoms with Crippen LogP contribution in [-0.2, 0) is 16.9 Å². The lowest BCUT2D eigenvalue weighted by Crippen LogP contribution is -2.27. The normalized spacial score (nSPS) is 12.2. The summed E-state index contributed by atoms with van der Waals surface area (Å²) >= 11 is 0. The van der Waals surface area contributed by atoms with E-state index in [9.17, 15) is 0 Å². The summed E-state index contributed by atoms with van der Waals surface area (Å²) in [5.74, 6) is 1.41. The zero-order chi connectivity index (χ0) is 15.3. The predicted octanol–water partition coefficient (Wildman–Crippen LogP) is 3.11. The quantitative estimate of drug-likeness (QED) is 0.833. The molecule has 1 heterocycles. The zero-order valence-corrected chi connectivity index (χ0v) is 14.0. The van der Waals surface area contributed by atoms with Crippen molar-refractivity contribution in [1.82, 2.24) is 15.3 Å². The molecule has 0 amide bonds. The highest BCUT2D eigenvalue weighted by Crippen LogP contribution is 2.23. The Labute approximate surface area is 123 Å². The van der Waals surface area contributed by atoms with Crippen molar-refractivity contribution in [2.75, 3.05) is 13.2 Å². The molecule has 0 atom stereocenters. The van der Waals surface area contributed by atoms with E-state index in [1.807, 2.05) is 34.6 Å². The van der Waals surface area contributed by atoms with Gasteiger partial charge in [-0.15, -0.1) is 0 Å². The highest BCUT2D eigenvalue weighted by atomic mass is 16.5. The second kappa shape index (κ2) is 7.14. The largest absolute Gasteiger partial charge is 0.368 e. The maximum absolute atomic E-state index is 5.74. The molecular formula is C16H29N3O. The van der Waals surface area contributed by atoms with Gasteiger partial charge in [0.2, 0.25) is 0 Å². The third-order valence-electron chi connectivity index (χ3n) is 3.32. The Kier molecular flexibility index (Phi) is 6.08. The van der Waals surface area contributed by atoms with Crippen molar-refractivity contribution in [3.8, 4) is 0 Å². The molecule has 0 spiro atoms. The van der Waals surface area contributed by atoms with Crippen molar-refractivity contribution in [3.05, 3.63) is 22.8 Å². The highest BCUT2D eigenvalue weighted by molar-refractivity contribution is 5.25. The average molecular weight is 279 g/mol. The summed E-state index contributed by atoms with van der Waals surface area (Å²) in [5, 5.41) is 3.45. The minimum Gasteiger partial charge on any atom is -0.368 e. The van der Waals surface area contributed by atoms with E-state index in [0.29, 0.717) is 12.5 Å². The number of hydrogen-bond donors (Lipinski definition) is 1. The SMILES string of the molecule is CCOC(C)(C)c1nc(C)c(CNCC(C)C)c(C)n1. The van der Waals surface area contributed by atoms with Crippen LogP contribution in [0.1, 0.15) is 57.4 Å². The minimum absolute atomic E-state index is 0.436. The monoisotopic (exact) mass is 279 g/mol. The van der Waals surface area contributed by atoms with Gasteiger partial charge in [-0.2, -0.15) is 0 Å². The van der Waals surface area contributed by atoms with Gasteiger partial charge in [-0.25, -0.2) is 9.97 Å². The second-order valence-electron chi connectivity index (χ2n) is 6.16. The van der Waals surface area contributed by atoms with Crippen LogP contribution in [0.25, 0.3) is 0 Å². The molecule has 0 radical (unpaired) electrons. The third kappa shape index (κ3) is 4.53. The van der Waals surface area contributed by atoms with Gasteiger partial charge >= 0.3 is 0 Å². The molecule has 0 fully saturated rings. The lowest BCUT2D eigenvalue weighted by Gasteiger charge is -2.24. The van der Waals surface area contributed by atoms with Gasteiger partial charge in [0, 0.05) is 30.1 Å². The molecule has 0 saturated carbocycles. The fourth-order valence-electron chi connectivity index (χ4n) is 2.18. The van der Waals surface area contributed by atoms with E-state index in [1.165, 1.54) is 5.56 Å². The molecule has 1 rings (SSSR count). The van der Waals surface area contributed by atoms with Crippen molar-refractivity contribution >= 4 is 0 Å². The predicted molar refractivity (Wildman–Crippen MR) is 82.7 cm³/mol. The Hall–Kier alpha value is -1.00. The molecule has 0 aliphatic heterocycles. The summed E-state index contributed by atoms with van der Waals surface area (Å²) in [4.78, 5) is 9.29. The molecule has 20 heavy (non-hydrogen) atoms. The number of nitrogens with zero attached hydrogens (tertiary/aromatic N) is 2. The van der Waals surface area contributed by atoms with Crippen molar-refractivity contribution in [2.24, 2.45) is 5.92 Å². The Morgan fingerprint density at radius 3 is 2.15 bits per heavy atom. The van der Waals surface area contributed by atoms with Gasteiger partial charge in [0.05, 0.1) is 0 Å². The molecule has 1 aromatic rings. The highest BCUT2D eigenvalue weighted by Gasteiger charge is 2.25. The van der Waals surface area contributed by atoms with Crippen molar-refractivity contribution in [1.29, 1.82) is 0 Å². The minimum atomic E-state index is -0.436. The number of rotatable bonds is 7. The maximum atomic E-state index is 5.74. The summed E-state index contributed by atoms with van der Waals surface area (Å²) in [7, 11) is 0. The molecular weight excluding hydrogens is 250 g/mol. The maximum Gasteiger partial charge on any atom is 0.160 e. The Morgan fingerprint density at radius 1 is 1.15 bits per heavy atom. The molecule has 0 aliphatic rings. The molecule has 0 bridgehead atoms. The van der Waals surface area contributed by atoms with Crippen LogP contribution in [0.3, 0.4) is 0 Å². The van der Waals surface area contributed by atoms with Gasteiger partial charge in [0.25, 0.3) is 0 Å². The Balaban J connectivity index is 2.91. The summed E-state index contributed by atoms with van der Waals surface area (Å²) < 4.78 is 5.74. The van der Waals surface area contributed by atoms with Gasteiger partial charge in [-0.1, -0.05) is 13.8 Å². The standard InChI is InChI=1S/C16H29N3O/c1-8-20-16(6,7)15-18-12(4)14(13(5)19-15)10-17-9-11(2)3/h11,17H,8-10H2,1-7H3. The lowest BCUT2D eigenvalue weighted by molar-refractivity contribution is -0.0210. The van der Waals surface area contributed by atoms with Gasteiger partial charge in [-0.05, 0) is 47.1 Å². The molecule has 0 aliphatic carbocycles. The van der Waals surface area contributed by atoms with Crippen LogP contribution in [0.15, 0.2) is 0 Å². The average Bonchev–Trinajstić information content (AvgIpc) is 2.32. The summed E-state index contributed by atoms with van der Waals surface area (Å²) in [5.41, 5.74) is 2.84. The van der Waals surface area contributed by atoms with Crippen LogP contribution in [-0.4, -0.2) is 23.1 Å². The summed E-state index contributed by atoms with van der Waals surface area (Å²) in [6, 6.07) is 0. The van der Waals surface area contributed by atoms with Gasteiger partial charge in [0.15, 0.2) is 5.82 Å². The molecule has 4 heteroatoms. The topological polar surface area (TPSA) is 47.0 Å². The van der Waals surface area contributed by atoms with E-state index in [-0.39, 0.29) is 0 Å². The molecule has 1 N–H and O–H groups in total. The molecule has 1 aromatic heterocycles. The molecule has 0 aromatic carbocycles. The van der Waals surface area contributed by atoms with Crippen LogP contribution in [0.5, 0.6) is 0 Å². The number of ether oxygens (including phenoxy) is 1. The second-order valence-corrected chi connectivity index (χ2v) is 6.16. The molecule has 4 nitrogen and oxygen atoms in total. The van der Waals surface area contributed by atoms with E-state index < -0.39 is 5.60 Å². The molecule has 0 unspecified atom stereocenters. The van der Waals surface area contributed by atoms with Crippen LogP contribution < -0.4 is 5.32 Å². The van der Waals surface area contributed by atoms with Gasteiger partial charge in [0.1, 0.15) is 5.60 Å². The zero-order valence-electron chi connectivity index (χ0n) is 14.0. The van der Waals surface area contributed by atoms with Gasteiger partial charge < -0.3 is 10.1 Å². The smallest absolute Gasteiger partial charge is 0.160 e. The summed E-state index contributed by atoms with van der Waals surface area (Å²) in [6.45, 7) is 17.0. The van der Waals surface area contributed by atoms with Crippen LogP contribution in [0.4, 0.5) is 0 Å².